The van der Waals surface area contributed by atoms with E-state index in [1.807, 2.05) is 36.5 Å². The fraction of sp³-hybridized carbons (Fsp3) is 0.353. The molecule has 3 rings (SSSR count). The molecular formula is C17H20ClN3O. The van der Waals surface area contributed by atoms with Crippen LogP contribution in [-0.2, 0) is 4.84 Å². The lowest BCUT2D eigenvalue weighted by Crippen LogP contribution is -2.26. The zero-order chi connectivity index (χ0) is 15.5. The SMILES string of the molecule is CCN(CC)CCO/N=C1/c2cc(Cl)ccc2-n2cccc21. The van der Waals surface area contributed by atoms with Crippen molar-refractivity contribution in [3.63, 3.8) is 0 Å². The Morgan fingerprint density at radius 2 is 2.05 bits per heavy atom. The standard InChI is InChI=1S/C17H20ClN3O/c1-3-20(4-2)10-11-22-19-17-14-12-13(18)7-8-15(14)21-9-5-6-16(17)21/h5-9,12H,3-4,10-11H2,1-2H3/b19-17-. The second kappa shape index (κ2) is 6.55. The van der Waals surface area contributed by atoms with E-state index in [0.29, 0.717) is 11.6 Å². The number of oxime groups is 1. The summed E-state index contributed by atoms with van der Waals surface area (Å²) < 4.78 is 2.11. The minimum absolute atomic E-state index is 0.585. The maximum Gasteiger partial charge on any atom is 0.136 e. The van der Waals surface area contributed by atoms with Crippen molar-refractivity contribution in [2.45, 2.75) is 13.8 Å². The Balaban J connectivity index is 1.79. The highest BCUT2D eigenvalue weighted by Gasteiger charge is 2.25. The quantitative estimate of drug-likeness (QED) is 0.514. The number of nitrogens with zero attached hydrogens (tertiary/aromatic N) is 3. The van der Waals surface area contributed by atoms with Crippen molar-refractivity contribution in [2.24, 2.45) is 5.16 Å². The molecule has 0 saturated carbocycles. The van der Waals surface area contributed by atoms with Crippen molar-refractivity contribution in [1.29, 1.82) is 0 Å². The molecule has 0 atom stereocenters. The molecule has 0 bridgehead atoms. The molecule has 5 heteroatoms. The smallest absolute Gasteiger partial charge is 0.136 e. The number of fused-ring (bicyclic) bond motifs is 3. The summed E-state index contributed by atoms with van der Waals surface area (Å²) in [4.78, 5) is 7.87. The highest BCUT2D eigenvalue weighted by Crippen LogP contribution is 2.30. The molecule has 0 aliphatic carbocycles. The fourth-order valence-electron chi connectivity index (χ4n) is 2.75. The van der Waals surface area contributed by atoms with E-state index < -0.39 is 0 Å². The summed E-state index contributed by atoms with van der Waals surface area (Å²) in [5.41, 5.74) is 4.00. The van der Waals surface area contributed by atoms with E-state index in [9.17, 15) is 0 Å². The maximum absolute atomic E-state index is 6.13. The van der Waals surface area contributed by atoms with Gasteiger partial charge in [-0.05, 0) is 43.4 Å². The van der Waals surface area contributed by atoms with Crippen LogP contribution in [-0.4, -0.2) is 41.4 Å². The lowest BCUT2D eigenvalue weighted by atomic mass is 10.1. The predicted octanol–water partition coefficient (Wildman–Crippen LogP) is 3.55. The molecule has 0 radical (unpaired) electrons. The van der Waals surface area contributed by atoms with E-state index in [2.05, 4.69) is 28.5 Å². The van der Waals surface area contributed by atoms with Crippen molar-refractivity contribution in [3.05, 3.63) is 52.8 Å². The van der Waals surface area contributed by atoms with Crippen molar-refractivity contribution < 1.29 is 4.84 Å². The van der Waals surface area contributed by atoms with E-state index in [0.717, 1.165) is 42.3 Å². The first-order chi connectivity index (χ1) is 10.7. The Bertz CT molecular complexity index is 689. The molecule has 0 saturated heterocycles. The van der Waals surface area contributed by atoms with Gasteiger partial charge in [0.15, 0.2) is 0 Å². The number of aromatic nitrogens is 1. The molecule has 1 aromatic carbocycles. The number of rotatable bonds is 6. The molecular weight excluding hydrogens is 298 g/mol. The van der Waals surface area contributed by atoms with Gasteiger partial charge in [0, 0.05) is 23.3 Å². The third kappa shape index (κ3) is 2.76. The molecule has 0 spiro atoms. The third-order valence-corrected chi connectivity index (χ3v) is 4.25. The zero-order valence-corrected chi connectivity index (χ0v) is 13.7. The van der Waals surface area contributed by atoms with Crippen LogP contribution in [0.25, 0.3) is 5.69 Å². The zero-order valence-electron chi connectivity index (χ0n) is 12.9. The molecule has 0 N–H and O–H groups in total. The van der Waals surface area contributed by atoms with Gasteiger partial charge in [-0.3, -0.25) is 0 Å². The molecule has 1 aliphatic heterocycles. The Labute approximate surface area is 135 Å². The average Bonchev–Trinajstić information content (AvgIpc) is 3.09. The van der Waals surface area contributed by atoms with E-state index in [1.54, 1.807) is 0 Å². The molecule has 116 valence electrons. The lowest BCUT2D eigenvalue weighted by Gasteiger charge is -2.16. The second-order valence-corrected chi connectivity index (χ2v) is 5.66. The van der Waals surface area contributed by atoms with Gasteiger partial charge in [-0.2, -0.15) is 0 Å². The molecule has 22 heavy (non-hydrogen) atoms. The Kier molecular flexibility index (Phi) is 4.50. The monoisotopic (exact) mass is 317 g/mol. The molecule has 1 aromatic heterocycles. The van der Waals surface area contributed by atoms with Gasteiger partial charge < -0.3 is 14.3 Å². The van der Waals surface area contributed by atoms with Crippen LogP contribution in [0.4, 0.5) is 0 Å². The van der Waals surface area contributed by atoms with Crippen LogP contribution in [0.3, 0.4) is 0 Å². The van der Waals surface area contributed by atoms with Crippen LogP contribution in [0.5, 0.6) is 0 Å². The molecule has 1 aliphatic rings. The molecule has 2 aromatic rings. The number of hydrogen-bond acceptors (Lipinski definition) is 3. The normalized spacial score (nSPS) is 14.5. The molecule has 0 unspecified atom stereocenters. The van der Waals surface area contributed by atoms with E-state index in [-0.39, 0.29) is 0 Å². The number of likely N-dealkylation sites (N-methyl/N-ethyl adjacent to an activating group) is 1. The Morgan fingerprint density at radius 3 is 2.82 bits per heavy atom. The first-order valence-electron chi connectivity index (χ1n) is 7.65. The van der Waals surface area contributed by atoms with E-state index >= 15 is 0 Å². The fourth-order valence-corrected chi connectivity index (χ4v) is 2.92. The predicted molar refractivity (Wildman–Crippen MR) is 90.2 cm³/mol. The summed E-state index contributed by atoms with van der Waals surface area (Å²) in [5.74, 6) is 0. The minimum Gasteiger partial charge on any atom is -0.394 e. The van der Waals surface area contributed by atoms with Crippen LogP contribution in [0.1, 0.15) is 25.1 Å². The van der Waals surface area contributed by atoms with Crippen molar-refractivity contribution >= 4 is 17.3 Å². The highest BCUT2D eigenvalue weighted by molar-refractivity contribution is 6.31. The van der Waals surface area contributed by atoms with Gasteiger partial charge in [0.25, 0.3) is 0 Å². The van der Waals surface area contributed by atoms with Gasteiger partial charge in [0.05, 0.1) is 11.4 Å². The first-order valence-corrected chi connectivity index (χ1v) is 8.02. The largest absolute Gasteiger partial charge is 0.394 e. The average molecular weight is 318 g/mol. The van der Waals surface area contributed by atoms with Gasteiger partial charge in [0.2, 0.25) is 0 Å². The van der Waals surface area contributed by atoms with E-state index in [1.165, 1.54) is 0 Å². The van der Waals surface area contributed by atoms with Gasteiger partial charge >= 0.3 is 0 Å². The summed E-state index contributed by atoms with van der Waals surface area (Å²) in [5, 5.41) is 5.08. The van der Waals surface area contributed by atoms with Crippen molar-refractivity contribution in [2.75, 3.05) is 26.2 Å². The maximum atomic E-state index is 6.13. The summed E-state index contributed by atoms with van der Waals surface area (Å²) in [7, 11) is 0. The Hall–Kier alpha value is -1.78. The van der Waals surface area contributed by atoms with Crippen molar-refractivity contribution in [1.82, 2.24) is 9.47 Å². The third-order valence-electron chi connectivity index (χ3n) is 4.01. The van der Waals surface area contributed by atoms with Gasteiger partial charge in [-0.25, -0.2) is 0 Å². The van der Waals surface area contributed by atoms with Gasteiger partial charge in [-0.15, -0.1) is 0 Å². The molecule has 0 fully saturated rings. The summed E-state index contributed by atoms with van der Waals surface area (Å²) in [6, 6.07) is 9.91. The van der Waals surface area contributed by atoms with Crippen LogP contribution in [0.15, 0.2) is 41.7 Å². The van der Waals surface area contributed by atoms with Crippen LogP contribution < -0.4 is 0 Å². The number of benzene rings is 1. The highest BCUT2D eigenvalue weighted by atomic mass is 35.5. The lowest BCUT2D eigenvalue weighted by molar-refractivity contribution is 0.114. The number of hydrogen-bond donors (Lipinski definition) is 0. The molecule has 0 amide bonds. The van der Waals surface area contributed by atoms with Gasteiger partial charge in [-0.1, -0.05) is 30.6 Å². The first kappa shape index (κ1) is 15.1. The Morgan fingerprint density at radius 1 is 1.23 bits per heavy atom. The number of halogens is 1. The second-order valence-electron chi connectivity index (χ2n) is 5.22. The minimum atomic E-state index is 0.585. The summed E-state index contributed by atoms with van der Waals surface area (Å²) >= 11 is 6.13. The van der Waals surface area contributed by atoms with Gasteiger partial charge in [0.1, 0.15) is 12.3 Å². The van der Waals surface area contributed by atoms with Crippen LogP contribution in [0.2, 0.25) is 5.02 Å². The molecule has 2 heterocycles. The van der Waals surface area contributed by atoms with Crippen LogP contribution >= 0.6 is 11.6 Å². The van der Waals surface area contributed by atoms with Crippen molar-refractivity contribution in [3.8, 4) is 5.69 Å². The summed E-state index contributed by atoms with van der Waals surface area (Å²) in [6.45, 7) is 7.82. The topological polar surface area (TPSA) is 29.8 Å². The van der Waals surface area contributed by atoms with E-state index in [4.69, 9.17) is 16.4 Å². The van der Waals surface area contributed by atoms with Crippen LogP contribution in [0, 0.1) is 0 Å². The molecule has 4 nitrogen and oxygen atoms in total. The summed E-state index contributed by atoms with van der Waals surface area (Å²) in [6.07, 6.45) is 2.03.